The third-order valence-corrected chi connectivity index (χ3v) is 4.14. The molecule has 4 heteroatoms. The van der Waals surface area contributed by atoms with Gasteiger partial charge in [0.15, 0.2) is 11.5 Å². The Hall–Kier alpha value is -1.00. The quantitative estimate of drug-likeness (QED) is 0.885. The lowest BCUT2D eigenvalue weighted by atomic mass is 10.2. The molecule has 1 N–H and O–H groups in total. The van der Waals surface area contributed by atoms with Gasteiger partial charge in [0.25, 0.3) is 0 Å². The molecule has 90 valence electrons. The summed E-state index contributed by atoms with van der Waals surface area (Å²) >= 11 is 2.00. The van der Waals surface area contributed by atoms with Crippen LogP contribution in [0.5, 0.6) is 0 Å². The second-order valence-electron chi connectivity index (χ2n) is 4.51. The summed E-state index contributed by atoms with van der Waals surface area (Å²) in [6.45, 7) is 3.16. The monoisotopic (exact) mass is 248 g/mol. The van der Waals surface area contributed by atoms with Crippen LogP contribution in [0.1, 0.15) is 11.5 Å². The summed E-state index contributed by atoms with van der Waals surface area (Å²) < 4.78 is 5.79. The molecule has 0 aliphatic carbocycles. The first-order valence-corrected chi connectivity index (χ1v) is 7.14. The number of nitrogens with one attached hydrogen (secondary N) is 1. The van der Waals surface area contributed by atoms with Crippen LogP contribution in [0, 0.1) is 6.92 Å². The molecule has 0 radical (unpaired) electrons. The van der Waals surface area contributed by atoms with E-state index in [2.05, 4.69) is 29.4 Å². The SMILES string of the molecule is Cc1ccc2nc(CC3CSCCN3)oc2c1. The fourth-order valence-electron chi connectivity index (χ4n) is 2.13. The topological polar surface area (TPSA) is 38.1 Å². The van der Waals surface area contributed by atoms with E-state index in [1.165, 1.54) is 11.3 Å². The number of aryl methyl sites for hydroxylation is 1. The number of benzene rings is 1. The van der Waals surface area contributed by atoms with E-state index in [-0.39, 0.29) is 0 Å². The van der Waals surface area contributed by atoms with Crippen molar-refractivity contribution in [2.24, 2.45) is 0 Å². The first-order valence-electron chi connectivity index (χ1n) is 5.98. The number of oxazole rings is 1. The Balaban J connectivity index is 1.80. The zero-order valence-electron chi connectivity index (χ0n) is 9.90. The molecule has 2 heterocycles. The van der Waals surface area contributed by atoms with Gasteiger partial charge in [0.2, 0.25) is 0 Å². The van der Waals surface area contributed by atoms with E-state index in [4.69, 9.17) is 4.42 Å². The van der Waals surface area contributed by atoms with Crippen molar-refractivity contribution in [3.05, 3.63) is 29.7 Å². The van der Waals surface area contributed by atoms with Crippen molar-refractivity contribution < 1.29 is 4.42 Å². The van der Waals surface area contributed by atoms with Crippen LogP contribution in [0.4, 0.5) is 0 Å². The summed E-state index contributed by atoms with van der Waals surface area (Å²) in [6, 6.07) is 6.65. The number of thioether (sulfide) groups is 1. The van der Waals surface area contributed by atoms with E-state index in [1.54, 1.807) is 0 Å². The highest BCUT2D eigenvalue weighted by atomic mass is 32.2. The fourth-order valence-corrected chi connectivity index (χ4v) is 3.08. The molecule has 1 saturated heterocycles. The summed E-state index contributed by atoms with van der Waals surface area (Å²) in [4.78, 5) is 4.53. The smallest absolute Gasteiger partial charge is 0.197 e. The average molecular weight is 248 g/mol. The highest BCUT2D eigenvalue weighted by molar-refractivity contribution is 7.99. The molecule has 3 nitrogen and oxygen atoms in total. The maximum atomic E-state index is 5.79. The fraction of sp³-hybridized carbons (Fsp3) is 0.462. The molecule has 1 aliphatic rings. The lowest BCUT2D eigenvalue weighted by molar-refractivity contribution is 0.469. The molecule has 3 rings (SSSR count). The maximum absolute atomic E-state index is 5.79. The summed E-state index contributed by atoms with van der Waals surface area (Å²) in [7, 11) is 0. The van der Waals surface area contributed by atoms with Gasteiger partial charge in [-0.3, -0.25) is 0 Å². The third kappa shape index (κ3) is 2.48. The molecule has 1 atom stereocenters. The van der Waals surface area contributed by atoms with Crippen LogP contribution in [-0.4, -0.2) is 29.1 Å². The van der Waals surface area contributed by atoms with Crippen LogP contribution < -0.4 is 5.32 Å². The van der Waals surface area contributed by atoms with E-state index in [1.807, 2.05) is 17.8 Å². The minimum atomic E-state index is 0.503. The summed E-state index contributed by atoms with van der Waals surface area (Å²) in [6.07, 6.45) is 0.890. The predicted molar refractivity (Wildman–Crippen MR) is 71.6 cm³/mol. The van der Waals surface area contributed by atoms with E-state index < -0.39 is 0 Å². The Morgan fingerprint density at radius 3 is 3.29 bits per heavy atom. The van der Waals surface area contributed by atoms with Gasteiger partial charge < -0.3 is 9.73 Å². The number of hydrogen-bond donors (Lipinski definition) is 1. The molecule has 1 aliphatic heterocycles. The van der Waals surface area contributed by atoms with E-state index in [0.717, 1.165) is 35.7 Å². The predicted octanol–water partition coefficient (Wildman–Crippen LogP) is 2.38. The van der Waals surface area contributed by atoms with Crippen LogP contribution in [0.25, 0.3) is 11.1 Å². The van der Waals surface area contributed by atoms with E-state index in [9.17, 15) is 0 Å². The first-order chi connectivity index (χ1) is 8.31. The average Bonchev–Trinajstić information content (AvgIpc) is 2.71. The van der Waals surface area contributed by atoms with E-state index >= 15 is 0 Å². The number of fused-ring (bicyclic) bond motifs is 1. The van der Waals surface area contributed by atoms with Crippen molar-refractivity contribution in [1.82, 2.24) is 10.3 Å². The normalized spacial score (nSPS) is 20.9. The molecule has 1 aromatic heterocycles. The zero-order chi connectivity index (χ0) is 11.7. The molecule has 0 saturated carbocycles. The highest BCUT2D eigenvalue weighted by Gasteiger charge is 2.16. The van der Waals surface area contributed by atoms with Gasteiger partial charge in [-0.05, 0) is 24.6 Å². The molecule has 1 unspecified atom stereocenters. The molecule has 0 bridgehead atoms. The minimum absolute atomic E-state index is 0.503. The Labute approximate surface area is 105 Å². The van der Waals surface area contributed by atoms with Crippen molar-refractivity contribution in [1.29, 1.82) is 0 Å². The minimum Gasteiger partial charge on any atom is -0.441 e. The Bertz CT molecular complexity index is 517. The lowest BCUT2D eigenvalue weighted by Gasteiger charge is -2.21. The Morgan fingerprint density at radius 1 is 1.53 bits per heavy atom. The first kappa shape index (κ1) is 11.1. The van der Waals surface area contributed by atoms with Crippen molar-refractivity contribution >= 4 is 22.9 Å². The van der Waals surface area contributed by atoms with Gasteiger partial charge in [0, 0.05) is 30.5 Å². The summed E-state index contributed by atoms with van der Waals surface area (Å²) in [5.41, 5.74) is 3.09. The molecule has 0 amide bonds. The van der Waals surface area contributed by atoms with Crippen LogP contribution in [-0.2, 0) is 6.42 Å². The van der Waals surface area contributed by atoms with Gasteiger partial charge in [0.1, 0.15) is 5.52 Å². The summed E-state index contributed by atoms with van der Waals surface area (Å²) in [5, 5.41) is 3.50. The van der Waals surface area contributed by atoms with Gasteiger partial charge in [0.05, 0.1) is 0 Å². The standard InChI is InChI=1S/C13H16N2OS/c1-9-2-3-11-12(6-9)16-13(15-11)7-10-8-17-5-4-14-10/h2-3,6,10,14H,4-5,7-8H2,1H3. The summed E-state index contributed by atoms with van der Waals surface area (Å²) in [5.74, 6) is 3.21. The van der Waals surface area contributed by atoms with Crippen LogP contribution in [0.2, 0.25) is 0 Å². The highest BCUT2D eigenvalue weighted by Crippen LogP contribution is 2.19. The van der Waals surface area contributed by atoms with Gasteiger partial charge in [-0.15, -0.1) is 0 Å². The maximum Gasteiger partial charge on any atom is 0.197 e. The molecule has 0 spiro atoms. The third-order valence-electron chi connectivity index (χ3n) is 3.01. The molecule has 17 heavy (non-hydrogen) atoms. The Kier molecular flexibility index (Phi) is 3.07. The number of aromatic nitrogens is 1. The van der Waals surface area contributed by atoms with Gasteiger partial charge in [-0.25, -0.2) is 4.98 Å². The second kappa shape index (κ2) is 4.70. The molecule has 1 fully saturated rings. The van der Waals surface area contributed by atoms with Crippen LogP contribution in [0.15, 0.2) is 22.6 Å². The molecule has 2 aromatic rings. The van der Waals surface area contributed by atoms with Crippen molar-refractivity contribution in [2.75, 3.05) is 18.1 Å². The van der Waals surface area contributed by atoms with Crippen molar-refractivity contribution in [2.45, 2.75) is 19.4 Å². The molecule has 1 aromatic carbocycles. The lowest BCUT2D eigenvalue weighted by Crippen LogP contribution is -2.38. The Morgan fingerprint density at radius 2 is 2.47 bits per heavy atom. The van der Waals surface area contributed by atoms with Crippen LogP contribution >= 0.6 is 11.8 Å². The zero-order valence-corrected chi connectivity index (χ0v) is 10.7. The molecular weight excluding hydrogens is 232 g/mol. The van der Waals surface area contributed by atoms with Gasteiger partial charge in [-0.2, -0.15) is 11.8 Å². The second-order valence-corrected chi connectivity index (χ2v) is 5.66. The number of nitrogens with zero attached hydrogens (tertiary/aromatic N) is 1. The van der Waals surface area contributed by atoms with Crippen molar-refractivity contribution in [3.63, 3.8) is 0 Å². The largest absolute Gasteiger partial charge is 0.441 e. The molecular formula is C13H16N2OS. The van der Waals surface area contributed by atoms with Gasteiger partial charge in [-0.1, -0.05) is 6.07 Å². The van der Waals surface area contributed by atoms with Crippen molar-refractivity contribution in [3.8, 4) is 0 Å². The van der Waals surface area contributed by atoms with E-state index in [0.29, 0.717) is 6.04 Å². The van der Waals surface area contributed by atoms with Crippen LogP contribution in [0.3, 0.4) is 0 Å². The number of hydrogen-bond acceptors (Lipinski definition) is 4. The van der Waals surface area contributed by atoms with Gasteiger partial charge >= 0.3 is 0 Å². The number of rotatable bonds is 2.